The highest BCUT2D eigenvalue weighted by molar-refractivity contribution is 6.18. The van der Waals surface area contributed by atoms with Crippen LogP contribution in [0, 0.1) is 0 Å². The van der Waals surface area contributed by atoms with E-state index in [-0.39, 0.29) is 17.8 Å². The van der Waals surface area contributed by atoms with Gasteiger partial charge in [0.25, 0.3) is 0 Å². The van der Waals surface area contributed by atoms with Gasteiger partial charge < -0.3 is 9.84 Å². The second-order valence-corrected chi connectivity index (χ2v) is 7.96. The summed E-state index contributed by atoms with van der Waals surface area (Å²) in [7, 11) is 0. The molecule has 0 saturated heterocycles. The topological polar surface area (TPSA) is 63.6 Å². The minimum atomic E-state index is -0.836. The first-order valence-corrected chi connectivity index (χ1v) is 9.56. The zero-order valence-electron chi connectivity index (χ0n) is 16.8. The van der Waals surface area contributed by atoms with Gasteiger partial charge in [-0.15, -0.1) is 0 Å². The van der Waals surface area contributed by atoms with Crippen LogP contribution in [0.5, 0.6) is 0 Å². The summed E-state index contributed by atoms with van der Waals surface area (Å²) < 4.78 is 5.29. The van der Waals surface area contributed by atoms with Gasteiger partial charge in [0.2, 0.25) is 0 Å². The molecule has 0 aromatic heterocycles. The minimum Gasteiger partial charge on any atom is -0.481 e. The van der Waals surface area contributed by atoms with E-state index in [0.717, 1.165) is 39.8 Å². The number of carboxylic acids is 1. The van der Waals surface area contributed by atoms with E-state index in [9.17, 15) is 9.59 Å². The van der Waals surface area contributed by atoms with Crippen molar-refractivity contribution in [2.45, 2.75) is 46.0 Å². The summed E-state index contributed by atoms with van der Waals surface area (Å²) in [5, 5.41) is 8.93. The van der Waals surface area contributed by atoms with Crippen molar-refractivity contribution in [2.24, 2.45) is 0 Å². The van der Waals surface area contributed by atoms with Gasteiger partial charge in [-0.25, -0.2) is 4.79 Å². The van der Waals surface area contributed by atoms with Crippen LogP contribution in [0.4, 0.5) is 0 Å². The molecule has 0 fully saturated rings. The van der Waals surface area contributed by atoms with Crippen molar-refractivity contribution in [1.82, 2.24) is 0 Å². The third-order valence-electron chi connectivity index (χ3n) is 5.27. The molecule has 2 aromatic carbocycles. The lowest BCUT2D eigenvalue weighted by molar-refractivity contribution is -0.137. The van der Waals surface area contributed by atoms with E-state index < -0.39 is 5.97 Å². The molecular weight excluding hydrogens is 352 g/mol. The highest BCUT2D eigenvalue weighted by atomic mass is 16.5. The lowest BCUT2D eigenvalue weighted by Gasteiger charge is -2.34. The van der Waals surface area contributed by atoms with Crippen LogP contribution in [0.3, 0.4) is 0 Å². The molecule has 1 aliphatic carbocycles. The average molecular weight is 378 g/mol. The second kappa shape index (κ2) is 7.63. The number of carboxylic acid groups (broad SMARTS) is 1. The highest BCUT2D eigenvalue weighted by Crippen LogP contribution is 2.44. The van der Waals surface area contributed by atoms with Gasteiger partial charge in [0.15, 0.2) is 0 Å². The lowest BCUT2D eigenvalue weighted by atomic mass is 9.70. The van der Waals surface area contributed by atoms with Crippen molar-refractivity contribution < 1.29 is 19.4 Å². The lowest BCUT2D eigenvalue weighted by Crippen LogP contribution is -2.26. The van der Waals surface area contributed by atoms with Crippen molar-refractivity contribution in [2.75, 3.05) is 6.61 Å². The quantitative estimate of drug-likeness (QED) is 0.744. The summed E-state index contributed by atoms with van der Waals surface area (Å²) in [6.45, 7) is 8.56. The van der Waals surface area contributed by atoms with Crippen molar-refractivity contribution in [3.63, 3.8) is 0 Å². The van der Waals surface area contributed by atoms with E-state index in [0.29, 0.717) is 12.2 Å². The Labute approximate surface area is 165 Å². The maximum atomic E-state index is 12.5. The number of esters is 1. The SMILES string of the molecule is CCOC(=O)C1=C(C)CC(C)(C)c2cc(-c3ccc(CC(=O)O)cc3)ccc21. The molecule has 1 N–H and O–H groups in total. The Kier molecular flexibility index (Phi) is 5.41. The van der Waals surface area contributed by atoms with Crippen molar-refractivity contribution >= 4 is 17.5 Å². The molecule has 0 bridgehead atoms. The number of aliphatic carboxylic acids is 1. The summed E-state index contributed by atoms with van der Waals surface area (Å²) >= 11 is 0. The summed E-state index contributed by atoms with van der Waals surface area (Å²) in [5.74, 6) is -1.10. The minimum absolute atomic E-state index is 0.0183. The van der Waals surface area contributed by atoms with E-state index in [4.69, 9.17) is 9.84 Å². The number of carbonyl (C=O) groups is 2. The standard InChI is InChI=1S/C24H26O4/c1-5-28-23(27)22-15(2)14-24(3,4)20-13-18(10-11-19(20)22)17-8-6-16(7-9-17)12-21(25)26/h6-11,13H,5,12,14H2,1-4H3,(H,25,26). The molecular formula is C24H26O4. The second-order valence-electron chi connectivity index (χ2n) is 7.96. The van der Waals surface area contributed by atoms with E-state index in [1.807, 2.05) is 50.2 Å². The Bertz CT molecular complexity index is 949. The summed E-state index contributed by atoms with van der Waals surface area (Å²) in [4.78, 5) is 23.4. The van der Waals surface area contributed by atoms with Gasteiger partial charge in [-0.2, -0.15) is 0 Å². The monoisotopic (exact) mass is 378 g/mol. The molecule has 146 valence electrons. The Balaban J connectivity index is 2.03. The van der Waals surface area contributed by atoms with Crippen LogP contribution in [0.2, 0.25) is 0 Å². The number of ether oxygens (including phenoxy) is 1. The fourth-order valence-electron chi connectivity index (χ4n) is 4.06. The predicted octanol–water partition coefficient (Wildman–Crippen LogP) is 5.00. The Morgan fingerprint density at radius 2 is 1.71 bits per heavy atom. The number of benzene rings is 2. The molecule has 4 heteroatoms. The molecule has 0 aliphatic heterocycles. The summed E-state index contributed by atoms with van der Waals surface area (Å²) in [5.41, 5.74) is 6.58. The van der Waals surface area contributed by atoms with E-state index in [1.165, 1.54) is 0 Å². The van der Waals surface area contributed by atoms with Gasteiger partial charge in [0, 0.05) is 0 Å². The van der Waals surface area contributed by atoms with Crippen molar-refractivity contribution in [3.8, 4) is 11.1 Å². The molecule has 1 aliphatic rings. The molecule has 0 unspecified atom stereocenters. The number of carbonyl (C=O) groups excluding carboxylic acids is 1. The molecule has 0 atom stereocenters. The zero-order valence-corrected chi connectivity index (χ0v) is 16.8. The third-order valence-corrected chi connectivity index (χ3v) is 5.27. The number of allylic oxidation sites excluding steroid dienone is 1. The normalized spacial score (nSPS) is 15.1. The van der Waals surface area contributed by atoms with Gasteiger partial charge in [0.1, 0.15) is 0 Å². The summed E-state index contributed by atoms with van der Waals surface area (Å²) in [6.07, 6.45) is 0.819. The molecule has 0 radical (unpaired) electrons. The molecule has 4 nitrogen and oxygen atoms in total. The van der Waals surface area contributed by atoms with E-state index >= 15 is 0 Å². The largest absolute Gasteiger partial charge is 0.481 e. The van der Waals surface area contributed by atoms with Crippen LogP contribution < -0.4 is 0 Å². The molecule has 28 heavy (non-hydrogen) atoms. The first-order valence-electron chi connectivity index (χ1n) is 9.56. The summed E-state index contributed by atoms with van der Waals surface area (Å²) in [6, 6.07) is 13.8. The highest BCUT2D eigenvalue weighted by Gasteiger charge is 2.34. The molecule has 2 aromatic rings. The molecule has 3 rings (SSSR count). The number of hydrogen-bond donors (Lipinski definition) is 1. The van der Waals surface area contributed by atoms with Gasteiger partial charge in [-0.05, 0) is 59.6 Å². The van der Waals surface area contributed by atoms with Gasteiger partial charge >= 0.3 is 11.9 Å². The van der Waals surface area contributed by atoms with Crippen LogP contribution in [-0.4, -0.2) is 23.7 Å². The predicted molar refractivity (Wildman–Crippen MR) is 110 cm³/mol. The molecule has 0 heterocycles. The molecule has 0 saturated carbocycles. The van der Waals surface area contributed by atoms with Crippen molar-refractivity contribution in [3.05, 3.63) is 64.7 Å². The number of rotatable bonds is 5. The van der Waals surface area contributed by atoms with Gasteiger partial charge in [0.05, 0.1) is 18.6 Å². The molecule has 0 spiro atoms. The number of hydrogen-bond acceptors (Lipinski definition) is 3. The fourth-order valence-corrected chi connectivity index (χ4v) is 4.06. The Morgan fingerprint density at radius 3 is 2.32 bits per heavy atom. The maximum absolute atomic E-state index is 12.5. The van der Waals surface area contributed by atoms with Gasteiger partial charge in [-0.1, -0.05) is 55.8 Å². The third kappa shape index (κ3) is 3.86. The van der Waals surface area contributed by atoms with E-state index in [2.05, 4.69) is 19.9 Å². The fraction of sp³-hybridized carbons (Fsp3) is 0.333. The zero-order chi connectivity index (χ0) is 20.5. The van der Waals surface area contributed by atoms with Crippen LogP contribution in [0.1, 0.15) is 50.8 Å². The van der Waals surface area contributed by atoms with Crippen LogP contribution in [0.25, 0.3) is 16.7 Å². The Hall–Kier alpha value is -2.88. The van der Waals surface area contributed by atoms with Crippen LogP contribution >= 0.6 is 0 Å². The number of fused-ring (bicyclic) bond motifs is 1. The first kappa shape index (κ1) is 19.9. The van der Waals surface area contributed by atoms with E-state index in [1.54, 1.807) is 0 Å². The Morgan fingerprint density at radius 1 is 1.07 bits per heavy atom. The first-order chi connectivity index (χ1) is 13.2. The average Bonchev–Trinajstić information content (AvgIpc) is 2.61. The van der Waals surface area contributed by atoms with Gasteiger partial charge in [-0.3, -0.25) is 4.79 Å². The van der Waals surface area contributed by atoms with Crippen molar-refractivity contribution in [1.29, 1.82) is 0 Å². The smallest absolute Gasteiger partial charge is 0.338 e. The van der Waals surface area contributed by atoms with Crippen LogP contribution in [-0.2, 0) is 26.2 Å². The molecule has 0 amide bonds. The van der Waals surface area contributed by atoms with Crippen LogP contribution in [0.15, 0.2) is 48.0 Å². The maximum Gasteiger partial charge on any atom is 0.338 e.